The molecular formula is C21H32Cl2O3. The maximum atomic E-state index is 12.3. The summed E-state index contributed by atoms with van der Waals surface area (Å²) in [7, 11) is 0. The van der Waals surface area contributed by atoms with Crippen LogP contribution in [0.5, 0.6) is 0 Å². The van der Waals surface area contributed by atoms with E-state index in [0.717, 1.165) is 38.5 Å². The summed E-state index contributed by atoms with van der Waals surface area (Å²) in [6, 6.07) is 0. The highest BCUT2D eigenvalue weighted by Crippen LogP contribution is 2.71. The number of ketones is 1. The Balaban J connectivity index is 1.72. The second-order valence-corrected chi connectivity index (χ2v) is 11.4. The summed E-state index contributed by atoms with van der Waals surface area (Å²) in [5.41, 5.74) is -1.64. The largest absolute Gasteiger partial charge is 0.393 e. The number of carbonyl (C=O) groups is 1. The SMILES string of the molecule is CC(=O)[C@@]1(O)CC[C@H]2[C@@H]3CC(Cl)C4(Cl)CC(O)CC[C@]4(C)[C@H]3CC[C@@]21C. The highest BCUT2D eigenvalue weighted by Gasteiger charge is 2.70. The third kappa shape index (κ3) is 2.18. The number of hydrogen-bond acceptors (Lipinski definition) is 3. The van der Waals surface area contributed by atoms with Crippen molar-refractivity contribution in [2.24, 2.45) is 28.6 Å². The lowest BCUT2D eigenvalue weighted by molar-refractivity contribution is -0.167. The molecule has 0 spiro atoms. The van der Waals surface area contributed by atoms with Gasteiger partial charge in [-0.3, -0.25) is 4.79 Å². The van der Waals surface area contributed by atoms with Crippen LogP contribution in [0.15, 0.2) is 0 Å². The number of aliphatic hydroxyl groups is 2. The van der Waals surface area contributed by atoms with Crippen LogP contribution in [0.1, 0.15) is 72.1 Å². The predicted octanol–water partition coefficient (Wildman–Crippen LogP) is 4.29. The maximum absolute atomic E-state index is 12.3. The van der Waals surface area contributed by atoms with Crippen molar-refractivity contribution in [2.45, 2.75) is 94.1 Å². The fourth-order valence-corrected chi connectivity index (χ4v) is 8.80. The van der Waals surface area contributed by atoms with E-state index in [1.807, 2.05) is 0 Å². The molecule has 0 radical (unpaired) electrons. The third-order valence-electron chi connectivity index (χ3n) is 9.44. The first kappa shape index (κ1) is 19.5. The molecule has 4 aliphatic carbocycles. The van der Waals surface area contributed by atoms with Gasteiger partial charge in [0.15, 0.2) is 5.78 Å². The van der Waals surface area contributed by atoms with Crippen molar-refractivity contribution < 1.29 is 15.0 Å². The van der Waals surface area contributed by atoms with Crippen molar-refractivity contribution in [1.82, 2.24) is 0 Å². The lowest BCUT2D eigenvalue weighted by Gasteiger charge is -2.65. The van der Waals surface area contributed by atoms with Gasteiger partial charge in [-0.15, -0.1) is 23.2 Å². The van der Waals surface area contributed by atoms with E-state index in [-0.39, 0.29) is 28.1 Å². The molecule has 4 saturated carbocycles. The summed E-state index contributed by atoms with van der Waals surface area (Å²) in [5.74, 6) is 1.09. The van der Waals surface area contributed by atoms with E-state index in [4.69, 9.17) is 23.2 Å². The fourth-order valence-electron chi connectivity index (χ4n) is 7.76. The van der Waals surface area contributed by atoms with Crippen LogP contribution in [-0.4, -0.2) is 38.0 Å². The van der Waals surface area contributed by atoms with E-state index in [0.29, 0.717) is 30.6 Å². The second-order valence-electron chi connectivity index (χ2n) is 10.2. The molecule has 0 aliphatic heterocycles. The van der Waals surface area contributed by atoms with Gasteiger partial charge < -0.3 is 10.2 Å². The minimum Gasteiger partial charge on any atom is -0.393 e. The zero-order valence-corrected chi connectivity index (χ0v) is 17.6. The molecule has 4 fully saturated rings. The number of Topliss-reactive ketones (excluding diaryl/α,β-unsaturated/α-hetero) is 1. The Morgan fingerprint density at radius 1 is 1.04 bits per heavy atom. The molecule has 4 aliphatic rings. The zero-order valence-electron chi connectivity index (χ0n) is 16.1. The fraction of sp³-hybridized carbons (Fsp3) is 0.952. The lowest BCUT2D eigenvalue weighted by atomic mass is 9.44. The van der Waals surface area contributed by atoms with Crippen molar-refractivity contribution in [3.8, 4) is 0 Å². The van der Waals surface area contributed by atoms with Gasteiger partial charge in [0.1, 0.15) is 5.60 Å². The van der Waals surface area contributed by atoms with Crippen LogP contribution in [-0.2, 0) is 4.79 Å². The van der Waals surface area contributed by atoms with Crippen LogP contribution in [0.4, 0.5) is 0 Å². The predicted molar refractivity (Wildman–Crippen MR) is 103 cm³/mol. The molecule has 26 heavy (non-hydrogen) atoms. The Morgan fingerprint density at radius 3 is 2.27 bits per heavy atom. The van der Waals surface area contributed by atoms with Gasteiger partial charge in [0.2, 0.25) is 0 Å². The van der Waals surface area contributed by atoms with Gasteiger partial charge in [-0.2, -0.15) is 0 Å². The maximum Gasteiger partial charge on any atom is 0.161 e. The van der Waals surface area contributed by atoms with Gasteiger partial charge in [-0.05, 0) is 81.5 Å². The topological polar surface area (TPSA) is 57.5 Å². The Labute approximate surface area is 166 Å². The summed E-state index contributed by atoms with van der Waals surface area (Å²) in [6.07, 6.45) is 6.05. The minimum absolute atomic E-state index is 0.0853. The van der Waals surface area contributed by atoms with Crippen molar-refractivity contribution in [3.63, 3.8) is 0 Å². The molecule has 2 N–H and O–H groups in total. The molecule has 0 heterocycles. The molecule has 148 valence electrons. The summed E-state index contributed by atoms with van der Waals surface area (Å²) in [6.45, 7) is 5.95. The quantitative estimate of drug-likeness (QED) is 0.643. The number of rotatable bonds is 1. The third-order valence-corrected chi connectivity index (χ3v) is 11.0. The number of aliphatic hydroxyl groups excluding tert-OH is 1. The molecule has 0 saturated heterocycles. The molecule has 9 atom stereocenters. The molecule has 4 rings (SSSR count). The van der Waals surface area contributed by atoms with E-state index in [1.165, 1.54) is 0 Å². The molecule has 0 aromatic rings. The van der Waals surface area contributed by atoms with Crippen molar-refractivity contribution in [2.75, 3.05) is 0 Å². The van der Waals surface area contributed by atoms with E-state index >= 15 is 0 Å². The Kier molecular flexibility index (Phi) is 4.38. The Morgan fingerprint density at radius 2 is 1.62 bits per heavy atom. The summed E-state index contributed by atoms with van der Waals surface area (Å²) in [5, 5.41) is 21.3. The number of halogens is 2. The number of hydrogen-bond donors (Lipinski definition) is 2. The van der Waals surface area contributed by atoms with E-state index in [1.54, 1.807) is 6.92 Å². The molecule has 0 aromatic carbocycles. The van der Waals surface area contributed by atoms with Crippen molar-refractivity contribution >= 4 is 29.0 Å². The summed E-state index contributed by atoms with van der Waals surface area (Å²) >= 11 is 14.1. The second kappa shape index (κ2) is 5.84. The number of fused-ring (bicyclic) bond motifs is 5. The van der Waals surface area contributed by atoms with Gasteiger partial charge >= 0.3 is 0 Å². The molecular weight excluding hydrogens is 371 g/mol. The smallest absolute Gasteiger partial charge is 0.161 e. The number of alkyl halides is 2. The Hall–Kier alpha value is 0.170. The van der Waals surface area contributed by atoms with Gasteiger partial charge in [0.05, 0.1) is 16.4 Å². The number of carbonyl (C=O) groups excluding carboxylic acids is 1. The van der Waals surface area contributed by atoms with Gasteiger partial charge in [0, 0.05) is 5.41 Å². The normalized spacial score (nSPS) is 59.3. The first-order valence-electron chi connectivity index (χ1n) is 10.2. The highest BCUT2D eigenvalue weighted by atomic mass is 35.5. The summed E-state index contributed by atoms with van der Waals surface area (Å²) in [4.78, 5) is 11.7. The Bertz CT molecular complexity index is 626. The van der Waals surface area contributed by atoms with Crippen molar-refractivity contribution in [3.05, 3.63) is 0 Å². The first-order valence-corrected chi connectivity index (χ1v) is 11.1. The average Bonchev–Trinajstić information content (AvgIpc) is 2.84. The van der Waals surface area contributed by atoms with Crippen LogP contribution in [0.25, 0.3) is 0 Å². The standard InChI is InChI=1S/C21H32Cl2O3/c1-12(24)21(26)9-6-16-14-10-17(22)20(23)11-13(25)4-7-18(20,2)15(14)5-8-19(16,21)3/h13-17,25-26H,4-11H2,1-3H3/t13?,14-,15+,16+,17?,18-,19+,20?,21+/m1/s1. The monoisotopic (exact) mass is 402 g/mol. The van der Waals surface area contributed by atoms with E-state index in [9.17, 15) is 15.0 Å². The van der Waals surface area contributed by atoms with Crippen LogP contribution < -0.4 is 0 Å². The molecule has 0 amide bonds. The zero-order chi connectivity index (χ0) is 19.1. The van der Waals surface area contributed by atoms with Gasteiger partial charge in [0.25, 0.3) is 0 Å². The molecule has 3 unspecified atom stereocenters. The van der Waals surface area contributed by atoms with E-state index in [2.05, 4.69) is 13.8 Å². The molecule has 5 heteroatoms. The first-order chi connectivity index (χ1) is 12.0. The van der Waals surface area contributed by atoms with Gasteiger partial charge in [-0.25, -0.2) is 0 Å². The average molecular weight is 403 g/mol. The van der Waals surface area contributed by atoms with Gasteiger partial charge in [-0.1, -0.05) is 13.8 Å². The summed E-state index contributed by atoms with van der Waals surface area (Å²) < 4.78 is 0. The highest BCUT2D eigenvalue weighted by molar-refractivity contribution is 6.33. The minimum atomic E-state index is -1.19. The van der Waals surface area contributed by atoms with Crippen LogP contribution >= 0.6 is 23.2 Å². The molecule has 3 nitrogen and oxygen atoms in total. The van der Waals surface area contributed by atoms with Crippen LogP contribution in [0.3, 0.4) is 0 Å². The molecule has 0 aromatic heterocycles. The van der Waals surface area contributed by atoms with Crippen molar-refractivity contribution in [1.29, 1.82) is 0 Å². The van der Waals surface area contributed by atoms with Crippen LogP contribution in [0, 0.1) is 28.6 Å². The molecule has 0 bridgehead atoms. The van der Waals surface area contributed by atoms with E-state index < -0.39 is 10.5 Å². The van der Waals surface area contributed by atoms with Crippen LogP contribution in [0.2, 0.25) is 0 Å². The lowest BCUT2D eigenvalue weighted by Crippen LogP contribution is -2.66.